The lowest BCUT2D eigenvalue weighted by atomic mass is 9.88. The van der Waals surface area contributed by atoms with E-state index in [1.807, 2.05) is 6.07 Å². The molecular weight excluding hydrogens is 256 g/mol. The van der Waals surface area contributed by atoms with Crippen molar-refractivity contribution in [2.24, 2.45) is 0 Å². The van der Waals surface area contributed by atoms with Crippen molar-refractivity contribution in [3.05, 3.63) is 75.8 Å². The van der Waals surface area contributed by atoms with Gasteiger partial charge in [-0.1, -0.05) is 42.5 Å². The SMILES string of the molecule is O=C1c2ccccc2NC(c2ccccc2)[C@@H]1[N+](=O)[O-]. The van der Waals surface area contributed by atoms with Crippen molar-refractivity contribution in [3.8, 4) is 0 Å². The number of nitro groups is 1. The number of hydrogen-bond acceptors (Lipinski definition) is 4. The number of para-hydroxylation sites is 1. The van der Waals surface area contributed by atoms with Crippen LogP contribution in [0.3, 0.4) is 0 Å². The summed E-state index contributed by atoms with van der Waals surface area (Å²) >= 11 is 0. The monoisotopic (exact) mass is 268 g/mol. The smallest absolute Gasteiger partial charge is 0.298 e. The molecule has 1 N–H and O–H groups in total. The molecule has 1 aliphatic heterocycles. The van der Waals surface area contributed by atoms with Crippen molar-refractivity contribution in [3.63, 3.8) is 0 Å². The van der Waals surface area contributed by atoms with Gasteiger partial charge in [-0.25, -0.2) is 0 Å². The number of hydrogen-bond donors (Lipinski definition) is 1. The van der Waals surface area contributed by atoms with Gasteiger partial charge in [-0.3, -0.25) is 14.9 Å². The van der Waals surface area contributed by atoms with Crippen LogP contribution < -0.4 is 5.32 Å². The summed E-state index contributed by atoms with van der Waals surface area (Å²) in [6, 6.07) is 14.0. The first-order valence-electron chi connectivity index (χ1n) is 6.26. The first-order chi connectivity index (χ1) is 9.68. The Morgan fingerprint density at radius 1 is 1.00 bits per heavy atom. The molecule has 5 nitrogen and oxygen atoms in total. The van der Waals surface area contributed by atoms with E-state index in [9.17, 15) is 14.9 Å². The summed E-state index contributed by atoms with van der Waals surface area (Å²) in [4.78, 5) is 23.2. The van der Waals surface area contributed by atoms with Gasteiger partial charge >= 0.3 is 0 Å². The van der Waals surface area contributed by atoms with Gasteiger partial charge in [-0.15, -0.1) is 0 Å². The molecule has 0 saturated heterocycles. The summed E-state index contributed by atoms with van der Waals surface area (Å²) in [5.41, 5.74) is 1.75. The third-order valence-corrected chi connectivity index (χ3v) is 3.47. The fourth-order valence-corrected chi connectivity index (χ4v) is 2.52. The van der Waals surface area contributed by atoms with Crippen molar-refractivity contribution in [2.45, 2.75) is 12.1 Å². The van der Waals surface area contributed by atoms with Crippen LogP contribution in [0.5, 0.6) is 0 Å². The Labute approximate surface area is 115 Å². The highest BCUT2D eigenvalue weighted by molar-refractivity contribution is 6.06. The van der Waals surface area contributed by atoms with Crippen LogP contribution in [0.1, 0.15) is 22.0 Å². The zero-order chi connectivity index (χ0) is 14.1. The summed E-state index contributed by atoms with van der Waals surface area (Å²) in [7, 11) is 0. The van der Waals surface area contributed by atoms with Gasteiger partial charge in [-0.05, 0) is 17.7 Å². The van der Waals surface area contributed by atoms with Crippen LogP contribution in [0.2, 0.25) is 0 Å². The highest BCUT2D eigenvalue weighted by Crippen LogP contribution is 2.33. The standard InChI is InChI=1S/C15H12N2O3/c18-15-11-8-4-5-9-12(11)16-13(14(15)17(19)20)10-6-2-1-3-7-10/h1-9,13-14,16H/t13?,14-/m0/s1. The summed E-state index contributed by atoms with van der Waals surface area (Å²) in [5, 5.41) is 14.4. The predicted octanol–water partition coefficient (Wildman–Crippen LogP) is 2.68. The molecule has 0 radical (unpaired) electrons. The van der Waals surface area contributed by atoms with E-state index in [4.69, 9.17) is 0 Å². The van der Waals surface area contributed by atoms with Crippen molar-refractivity contribution < 1.29 is 9.72 Å². The van der Waals surface area contributed by atoms with Crippen molar-refractivity contribution in [1.82, 2.24) is 0 Å². The van der Waals surface area contributed by atoms with E-state index < -0.39 is 22.8 Å². The maximum Gasteiger partial charge on any atom is 0.298 e. The zero-order valence-electron chi connectivity index (χ0n) is 10.5. The van der Waals surface area contributed by atoms with Crippen LogP contribution in [-0.2, 0) is 0 Å². The number of carbonyl (C=O) groups excluding carboxylic acids is 1. The molecule has 1 aliphatic rings. The average molecular weight is 268 g/mol. The lowest BCUT2D eigenvalue weighted by Gasteiger charge is -2.28. The maximum atomic E-state index is 12.4. The number of ketones is 1. The molecule has 2 aromatic rings. The van der Waals surface area contributed by atoms with Crippen LogP contribution >= 0.6 is 0 Å². The molecular formula is C15H12N2O3. The zero-order valence-corrected chi connectivity index (χ0v) is 10.5. The number of carbonyl (C=O) groups is 1. The number of fused-ring (bicyclic) bond motifs is 1. The van der Waals surface area contributed by atoms with Gasteiger partial charge in [0.1, 0.15) is 6.04 Å². The van der Waals surface area contributed by atoms with Crippen LogP contribution in [0, 0.1) is 10.1 Å². The predicted molar refractivity (Wildman–Crippen MR) is 74.4 cm³/mol. The van der Waals surface area contributed by atoms with Gasteiger partial charge in [0.25, 0.3) is 6.04 Å². The highest BCUT2D eigenvalue weighted by Gasteiger charge is 2.44. The van der Waals surface area contributed by atoms with Crippen LogP contribution in [0.4, 0.5) is 5.69 Å². The lowest BCUT2D eigenvalue weighted by molar-refractivity contribution is -0.508. The number of anilines is 1. The molecule has 2 atom stereocenters. The van der Waals surface area contributed by atoms with Crippen molar-refractivity contribution >= 4 is 11.5 Å². The minimum Gasteiger partial charge on any atom is -0.371 e. The Hall–Kier alpha value is -2.69. The highest BCUT2D eigenvalue weighted by atomic mass is 16.6. The van der Waals surface area contributed by atoms with Gasteiger partial charge in [-0.2, -0.15) is 0 Å². The Bertz CT molecular complexity index is 670. The number of nitrogens with zero attached hydrogens (tertiary/aromatic N) is 1. The fourth-order valence-electron chi connectivity index (χ4n) is 2.52. The molecule has 0 fully saturated rings. The first-order valence-corrected chi connectivity index (χ1v) is 6.26. The second-order valence-electron chi connectivity index (χ2n) is 4.67. The quantitative estimate of drug-likeness (QED) is 0.671. The van der Waals surface area contributed by atoms with E-state index in [0.29, 0.717) is 11.3 Å². The normalized spacial score (nSPS) is 20.9. The van der Waals surface area contributed by atoms with Crippen LogP contribution in [-0.4, -0.2) is 16.7 Å². The van der Waals surface area contributed by atoms with Gasteiger partial charge in [0.2, 0.25) is 5.78 Å². The largest absolute Gasteiger partial charge is 0.371 e. The minimum absolute atomic E-state index is 0.376. The van der Waals surface area contributed by atoms with Crippen molar-refractivity contribution in [1.29, 1.82) is 0 Å². The van der Waals surface area contributed by atoms with Crippen molar-refractivity contribution in [2.75, 3.05) is 5.32 Å². The van der Waals surface area contributed by atoms with E-state index in [0.717, 1.165) is 5.56 Å². The topological polar surface area (TPSA) is 72.2 Å². The maximum absolute atomic E-state index is 12.4. The summed E-state index contributed by atoms with van der Waals surface area (Å²) < 4.78 is 0. The Balaban J connectivity index is 2.11. The Morgan fingerprint density at radius 2 is 1.65 bits per heavy atom. The van der Waals surface area contributed by atoms with E-state index in [1.165, 1.54) is 0 Å². The van der Waals surface area contributed by atoms with Crippen LogP contribution in [0.25, 0.3) is 0 Å². The molecule has 1 heterocycles. The molecule has 0 aromatic heterocycles. The van der Waals surface area contributed by atoms with E-state index in [1.54, 1.807) is 48.5 Å². The van der Waals surface area contributed by atoms with E-state index in [-0.39, 0.29) is 0 Å². The second-order valence-corrected chi connectivity index (χ2v) is 4.67. The third kappa shape index (κ3) is 1.93. The Morgan fingerprint density at radius 3 is 2.35 bits per heavy atom. The van der Waals surface area contributed by atoms with E-state index in [2.05, 4.69) is 5.32 Å². The lowest BCUT2D eigenvalue weighted by Crippen LogP contribution is -2.43. The molecule has 2 aromatic carbocycles. The number of benzene rings is 2. The molecule has 0 aliphatic carbocycles. The first kappa shape index (κ1) is 12.3. The average Bonchev–Trinajstić information content (AvgIpc) is 2.47. The summed E-state index contributed by atoms with van der Waals surface area (Å²) in [6.45, 7) is 0. The van der Waals surface area contributed by atoms with Gasteiger partial charge < -0.3 is 5.32 Å². The molecule has 3 rings (SSSR count). The third-order valence-electron chi connectivity index (χ3n) is 3.47. The number of rotatable bonds is 2. The van der Waals surface area contributed by atoms with Gasteiger partial charge in [0.15, 0.2) is 0 Å². The molecule has 0 amide bonds. The molecule has 1 unspecified atom stereocenters. The number of nitrogens with one attached hydrogen (secondary N) is 1. The molecule has 5 heteroatoms. The molecule has 0 bridgehead atoms. The second kappa shape index (κ2) is 4.77. The molecule has 0 spiro atoms. The van der Waals surface area contributed by atoms with E-state index >= 15 is 0 Å². The Kier molecular flexibility index (Phi) is 2.95. The fraction of sp³-hybridized carbons (Fsp3) is 0.133. The summed E-state index contributed by atoms with van der Waals surface area (Å²) in [5.74, 6) is -0.446. The molecule has 0 saturated carbocycles. The minimum atomic E-state index is -1.30. The molecule has 100 valence electrons. The van der Waals surface area contributed by atoms with Gasteiger partial charge in [0, 0.05) is 16.2 Å². The van der Waals surface area contributed by atoms with Gasteiger partial charge in [0.05, 0.1) is 0 Å². The summed E-state index contributed by atoms with van der Waals surface area (Å²) in [6.07, 6.45) is 0. The molecule has 20 heavy (non-hydrogen) atoms. The van der Waals surface area contributed by atoms with Crippen LogP contribution in [0.15, 0.2) is 54.6 Å². The number of Topliss-reactive ketones (excluding diaryl/α,β-unsaturated/α-hetero) is 1.